The summed E-state index contributed by atoms with van der Waals surface area (Å²) >= 11 is 2.05. The Morgan fingerprint density at radius 2 is 2.12 bits per heavy atom. The van der Waals surface area contributed by atoms with Crippen molar-refractivity contribution in [1.82, 2.24) is 15.1 Å². The van der Waals surface area contributed by atoms with Crippen LogP contribution in [0.5, 0.6) is 0 Å². The zero-order chi connectivity index (χ0) is 16.8. The van der Waals surface area contributed by atoms with Gasteiger partial charge in [0.15, 0.2) is 5.96 Å². The number of thioether (sulfide) groups is 1. The molecular weight excluding hydrogens is 320 g/mol. The lowest BCUT2D eigenvalue weighted by Gasteiger charge is -2.27. The summed E-state index contributed by atoms with van der Waals surface area (Å²) in [5, 5.41) is 4.60. The van der Waals surface area contributed by atoms with Crippen LogP contribution in [0.2, 0.25) is 0 Å². The summed E-state index contributed by atoms with van der Waals surface area (Å²) in [5.74, 6) is 4.36. The molecule has 24 heavy (non-hydrogen) atoms. The number of nitrogens with one attached hydrogen (secondary N) is 1. The van der Waals surface area contributed by atoms with E-state index in [2.05, 4.69) is 32.2 Å². The van der Waals surface area contributed by atoms with Crippen molar-refractivity contribution in [3.8, 4) is 0 Å². The highest BCUT2D eigenvalue weighted by Crippen LogP contribution is 2.19. The molecule has 2 heterocycles. The number of aliphatic imine (C=N–C) groups is 1. The second kappa shape index (κ2) is 8.44. The Bertz CT molecular complexity index is 645. The molecular formula is C18H26N4OS. The Morgan fingerprint density at radius 1 is 1.33 bits per heavy atom. The Labute approximate surface area is 148 Å². The molecule has 0 spiro atoms. The molecule has 1 N–H and O–H groups in total. The summed E-state index contributed by atoms with van der Waals surface area (Å²) in [6, 6.07) is 10.2. The van der Waals surface area contributed by atoms with Crippen molar-refractivity contribution < 1.29 is 4.42 Å². The van der Waals surface area contributed by atoms with Gasteiger partial charge in [-0.2, -0.15) is 11.8 Å². The van der Waals surface area contributed by atoms with E-state index in [1.54, 1.807) is 0 Å². The monoisotopic (exact) mass is 346 g/mol. The zero-order valence-electron chi connectivity index (χ0n) is 14.5. The van der Waals surface area contributed by atoms with Crippen LogP contribution in [0.4, 0.5) is 0 Å². The van der Waals surface area contributed by atoms with Gasteiger partial charge in [0.1, 0.15) is 11.3 Å². The van der Waals surface area contributed by atoms with Crippen molar-refractivity contribution in [3.05, 3.63) is 36.1 Å². The Morgan fingerprint density at radius 3 is 2.88 bits per heavy atom. The molecule has 0 amide bonds. The van der Waals surface area contributed by atoms with Crippen LogP contribution in [0, 0.1) is 0 Å². The largest absolute Gasteiger partial charge is 0.459 e. The van der Waals surface area contributed by atoms with Crippen LogP contribution in [0.15, 0.2) is 39.7 Å². The molecule has 3 rings (SSSR count). The summed E-state index contributed by atoms with van der Waals surface area (Å²) in [7, 11) is 3.87. The van der Waals surface area contributed by atoms with Crippen LogP contribution >= 0.6 is 11.8 Å². The van der Waals surface area contributed by atoms with Gasteiger partial charge in [0, 0.05) is 57.2 Å². The second-order valence-electron chi connectivity index (χ2n) is 6.03. The number of guanidine groups is 1. The van der Waals surface area contributed by atoms with Crippen molar-refractivity contribution in [2.45, 2.75) is 6.54 Å². The van der Waals surface area contributed by atoms with Gasteiger partial charge >= 0.3 is 0 Å². The highest BCUT2D eigenvalue weighted by Gasteiger charge is 2.12. The zero-order valence-corrected chi connectivity index (χ0v) is 15.3. The minimum Gasteiger partial charge on any atom is -0.459 e. The van der Waals surface area contributed by atoms with Crippen molar-refractivity contribution in [1.29, 1.82) is 0 Å². The van der Waals surface area contributed by atoms with Crippen LogP contribution in [0.25, 0.3) is 11.0 Å². The van der Waals surface area contributed by atoms with Gasteiger partial charge in [-0.3, -0.25) is 9.89 Å². The van der Waals surface area contributed by atoms with Crippen LogP contribution in [0.3, 0.4) is 0 Å². The van der Waals surface area contributed by atoms with E-state index >= 15 is 0 Å². The lowest BCUT2D eigenvalue weighted by molar-refractivity contribution is 0.304. The van der Waals surface area contributed by atoms with E-state index < -0.39 is 0 Å². The third kappa shape index (κ3) is 4.45. The number of furan rings is 1. The van der Waals surface area contributed by atoms with Crippen LogP contribution in [-0.2, 0) is 6.54 Å². The van der Waals surface area contributed by atoms with Crippen molar-refractivity contribution in [2.24, 2.45) is 4.99 Å². The van der Waals surface area contributed by atoms with E-state index in [0.29, 0.717) is 6.54 Å². The molecule has 0 aliphatic carbocycles. The van der Waals surface area contributed by atoms with Crippen LogP contribution < -0.4 is 5.32 Å². The third-order valence-corrected chi connectivity index (χ3v) is 5.20. The number of hydrogen-bond acceptors (Lipinski definition) is 4. The molecule has 0 radical (unpaired) electrons. The maximum absolute atomic E-state index is 5.90. The maximum atomic E-state index is 5.90. The van der Waals surface area contributed by atoms with Crippen LogP contribution in [0.1, 0.15) is 5.76 Å². The van der Waals surface area contributed by atoms with Gasteiger partial charge in [-0.25, -0.2) is 0 Å². The lowest BCUT2D eigenvalue weighted by atomic mass is 10.2. The Hall–Kier alpha value is -1.66. The molecule has 5 nitrogen and oxygen atoms in total. The number of para-hydroxylation sites is 1. The van der Waals surface area contributed by atoms with Crippen LogP contribution in [-0.4, -0.2) is 67.5 Å². The fourth-order valence-electron chi connectivity index (χ4n) is 2.96. The highest BCUT2D eigenvalue weighted by atomic mass is 32.2. The molecule has 6 heteroatoms. The lowest BCUT2D eigenvalue weighted by Crippen LogP contribution is -2.43. The first-order valence-corrected chi connectivity index (χ1v) is 9.61. The molecule has 1 saturated heterocycles. The molecule has 1 aliphatic heterocycles. The van der Waals surface area contributed by atoms with E-state index in [1.807, 2.05) is 44.1 Å². The summed E-state index contributed by atoms with van der Waals surface area (Å²) in [5.41, 5.74) is 0.937. The molecule has 0 unspecified atom stereocenters. The predicted molar refractivity (Wildman–Crippen MR) is 103 cm³/mol. The summed E-state index contributed by atoms with van der Waals surface area (Å²) in [6.07, 6.45) is 0. The van der Waals surface area contributed by atoms with Crippen molar-refractivity contribution in [3.63, 3.8) is 0 Å². The van der Waals surface area contributed by atoms with Crippen molar-refractivity contribution in [2.75, 3.05) is 51.8 Å². The quantitative estimate of drug-likeness (QED) is 0.666. The first kappa shape index (κ1) is 17.2. The Kier molecular flexibility index (Phi) is 6.04. The fraction of sp³-hybridized carbons (Fsp3) is 0.500. The summed E-state index contributed by atoms with van der Waals surface area (Å²) in [6.45, 7) is 5.08. The van der Waals surface area contributed by atoms with Gasteiger partial charge in [-0.1, -0.05) is 18.2 Å². The summed E-state index contributed by atoms with van der Waals surface area (Å²) < 4.78 is 5.90. The molecule has 130 valence electrons. The minimum atomic E-state index is 0.703. The molecule has 2 aromatic rings. The van der Waals surface area contributed by atoms with Gasteiger partial charge in [0.25, 0.3) is 0 Å². The average Bonchev–Trinajstić information content (AvgIpc) is 3.01. The van der Waals surface area contributed by atoms with Gasteiger partial charge in [0.2, 0.25) is 0 Å². The standard InChI is InChI=1S/C18H26N4OS/c1-19-18(20-7-8-22-9-11-24-12-10-22)21(2)14-16-13-15-5-3-4-6-17(15)23-16/h3-6,13H,7-12,14H2,1-2H3,(H,19,20). The van der Waals surface area contributed by atoms with E-state index in [-0.39, 0.29) is 0 Å². The van der Waals surface area contributed by atoms with Crippen molar-refractivity contribution >= 4 is 28.7 Å². The van der Waals surface area contributed by atoms with E-state index in [0.717, 1.165) is 35.8 Å². The topological polar surface area (TPSA) is 44.0 Å². The van der Waals surface area contributed by atoms with E-state index in [4.69, 9.17) is 4.42 Å². The SMILES string of the molecule is CN=C(NCCN1CCSCC1)N(C)Cc1cc2ccccc2o1. The molecule has 0 saturated carbocycles. The number of benzene rings is 1. The predicted octanol–water partition coefficient (Wildman–Crippen LogP) is 2.49. The van der Waals surface area contributed by atoms with Gasteiger partial charge < -0.3 is 14.6 Å². The maximum Gasteiger partial charge on any atom is 0.193 e. The highest BCUT2D eigenvalue weighted by molar-refractivity contribution is 7.99. The molecule has 1 aromatic heterocycles. The molecule has 1 aromatic carbocycles. The average molecular weight is 347 g/mol. The first-order chi connectivity index (χ1) is 11.8. The van der Waals surface area contributed by atoms with Gasteiger partial charge in [-0.15, -0.1) is 0 Å². The number of rotatable bonds is 5. The van der Waals surface area contributed by atoms with Gasteiger partial charge in [0.05, 0.1) is 6.54 Å². The number of nitrogens with zero attached hydrogens (tertiary/aromatic N) is 3. The summed E-state index contributed by atoms with van der Waals surface area (Å²) in [4.78, 5) is 9.00. The number of hydrogen-bond donors (Lipinski definition) is 1. The molecule has 1 fully saturated rings. The van der Waals surface area contributed by atoms with Gasteiger partial charge in [-0.05, 0) is 12.1 Å². The van der Waals surface area contributed by atoms with E-state index in [1.165, 1.54) is 24.6 Å². The third-order valence-electron chi connectivity index (χ3n) is 4.26. The fourth-order valence-corrected chi connectivity index (χ4v) is 3.94. The first-order valence-electron chi connectivity index (χ1n) is 8.45. The molecule has 0 atom stereocenters. The smallest absolute Gasteiger partial charge is 0.193 e. The second-order valence-corrected chi connectivity index (χ2v) is 7.26. The number of fused-ring (bicyclic) bond motifs is 1. The molecule has 1 aliphatic rings. The normalized spacial score (nSPS) is 16.5. The minimum absolute atomic E-state index is 0.703. The van der Waals surface area contributed by atoms with E-state index in [9.17, 15) is 0 Å². The molecule has 0 bridgehead atoms. The Balaban J connectivity index is 1.50.